The number of benzene rings is 1. The van der Waals surface area contributed by atoms with E-state index in [-0.39, 0.29) is 5.41 Å². The molecule has 3 heteroatoms. The van der Waals surface area contributed by atoms with Gasteiger partial charge in [-0.1, -0.05) is 36.6 Å². The zero-order chi connectivity index (χ0) is 13.5. The van der Waals surface area contributed by atoms with Gasteiger partial charge in [0, 0.05) is 10.4 Å². The summed E-state index contributed by atoms with van der Waals surface area (Å²) < 4.78 is 0. The van der Waals surface area contributed by atoms with Gasteiger partial charge in [-0.2, -0.15) is 0 Å². The van der Waals surface area contributed by atoms with Gasteiger partial charge in [0.05, 0.1) is 5.60 Å². The number of hydrogen-bond acceptors (Lipinski definition) is 2. The van der Waals surface area contributed by atoms with Crippen molar-refractivity contribution in [1.29, 1.82) is 0 Å². The SMILES string of the molecule is NCC[C@]12CCCC[C@@]1(O)CCc1c(Cl)cccc12. The summed E-state index contributed by atoms with van der Waals surface area (Å²) in [4.78, 5) is 0. The molecule has 19 heavy (non-hydrogen) atoms. The maximum Gasteiger partial charge on any atom is 0.0747 e. The smallest absolute Gasteiger partial charge is 0.0747 e. The van der Waals surface area contributed by atoms with Crippen LogP contribution in [-0.4, -0.2) is 17.3 Å². The summed E-state index contributed by atoms with van der Waals surface area (Å²) in [7, 11) is 0. The molecule has 1 saturated carbocycles. The van der Waals surface area contributed by atoms with E-state index in [0.717, 1.165) is 43.5 Å². The largest absolute Gasteiger partial charge is 0.389 e. The van der Waals surface area contributed by atoms with Crippen molar-refractivity contribution >= 4 is 11.6 Å². The van der Waals surface area contributed by atoms with Gasteiger partial charge in [0.25, 0.3) is 0 Å². The van der Waals surface area contributed by atoms with E-state index in [9.17, 15) is 5.11 Å². The molecular formula is C16H22ClNO. The van der Waals surface area contributed by atoms with Crippen molar-refractivity contribution in [3.63, 3.8) is 0 Å². The molecule has 1 aromatic rings. The highest BCUT2D eigenvalue weighted by molar-refractivity contribution is 6.31. The van der Waals surface area contributed by atoms with Crippen molar-refractivity contribution < 1.29 is 5.11 Å². The molecule has 2 atom stereocenters. The molecular weight excluding hydrogens is 258 g/mol. The molecule has 0 amide bonds. The zero-order valence-corrected chi connectivity index (χ0v) is 12.0. The highest BCUT2D eigenvalue weighted by Crippen LogP contribution is 2.55. The average molecular weight is 280 g/mol. The van der Waals surface area contributed by atoms with Crippen molar-refractivity contribution in [2.45, 2.75) is 56.0 Å². The van der Waals surface area contributed by atoms with Crippen LogP contribution in [0.15, 0.2) is 18.2 Å². The Bertz CT molecular complexity index is 486. The topological polar surface area (TPSA) is 46.2 Å². The number of rotatable bonds is 2. The lowest BCUT2D eigenvalue weighted by Crippen LogP contribution is -2.57. The van der Waals surface area contributed by atoms with Crippen LogP contribution >= 0.6 is 11.6 Å². The van der Waals surface area contributed by atoms with Crippen LogP contribution in [-0.2, 0) is 11.8 Å². The van der Waals surface area contributed by atoms with Gasteiger partial charge in [-0.3, -0.25) is 0 Å². The van der Waals surface area contributed by atoms with Crippen molar-refractivity contribution in [2.24, 2.45) is 5.73 Å². The first-order valence-corrected chi connectivity index (χ1v) is 7.71. The molecule has 0 saturated heterocycles. The van der Waals surface area contributed by atoms with Crippen molar-refractivity contribution in [2.75, 3.05) is 6.54 Å². The fraction of sp³-hybridized carbons (Fsp3) is 0.625. The van der Waals surface area contributed by atoms with Crippen LogP contribution in [0, 0.1) is 0 Å². The van der Waals surface area contributed by atoms with E-state index in [4.69, 9.17) is 17.3 Å². The highest BCUT2D eigenvalue weighted by Gasteiger charge is 2.54. The summed E-state index contributed by atoms with van der Waals surface area (Å²) in [5, 5.41) is 12.1. The summed E-state index contributed by atoms with van der Waals surface area (Å²) in [5.41, 5.74) is 7.62. The first-order valence-electron chi connectivity index (χ1n) is 7.33. The van der Waals surface area contributed by atoms with Crippen LogP contribution in [0.2, 0.25) is 5.02 Å². The number of nitrogens with two attached hydrogens (primary N) is 1. The quantitative estimate of drug-likeness (QED) is 0.873. The van der Waals surface area contributed by atoms with Crippen LogP contribution in [0.4, 0.5) is 0 Å². The lowest BCUT2D eigenvalue weighted by molar-refractivity contribution is -0.0861. The molecule has 0 radical (unpaired) electrons. The Hall–Kier alpha value is -0.570. The Morgan fingerprint density at radius 1 is 1.21 bits per heavy atom. The van der Waals surface area contributed by atoms with Crippen molar-refractivity contribution in [3.8, 4) is 0 Å². The lowest BCUT2D eigenvalue weighted by Gasteiger charge is -2.55. The van der Waals surface area contributed by atoms with E-state index >= 15 is 0 Å². The van der Waals surface area contributed by atoms with Gasteiger partial charge in [0.15, 0.2) is 0 Å². The third kappa shape index (κ3) is 1.84. The molecule has 3 N–H and O–H groups in total. The van der Waals surface area contributed by atoms with E-state index in [1.807, 2.05) is 12.1 Å². The Kier molecular flexibility index (Phi) is 3.36. The van der Waals surface area contributed by atoms with Crippen molar-refractivity contribution in [3.05, 3.63) is 34.3 Å². The number of hydrogen-bond donors (Lipinski definition) is 2. The van der Waals surface area contributed by atoms with Gasteiger partial charge in [0.2, 0.25) is 0 Å². The minimum Gasteiger partial charge on any atom is -0.389 e. The molecule has 0 spiro atoms. The molecule has 3 rings (SSSR count). The van der Waals surface area contributed by atoms with E-state index < -0.39 is 5.60 Å². The molecule has 0 bridgehead atoms. The Morgan fingerprint density at radius 2 is 2.00 bits per heavy atom. The Labute approximate surface area is 120 Å². The van der Waals surface area contributed by atoms with Crippen LogP contribution in [0.1, 0.15) is 49.7 Å². The molecule has 104 valence electrons. The maximum absolute atomic E-state index is 11.2. The molecule has 2 aliphatic carbocycles. The molecule has 2 nitrogen and oxygen atoms in total. The second kappa shape index (κ2) is 4.76. The van der Waals surface area contributed by atoms with Crippen LogP contribution in [0.25, 0.3) is 0 Å². The van der Waals surface area contributed by atoms with E-state index in [1.54, 1.807) is 0 Å². The molecule has 2 aliphatic rings. The van der Waals surface area contributed by atoms with Crippen LogP contribution < -0.4 is 5.73 Å². The molecule has 1 fully saturated rings. The first-order chi connectivity index (χ1) is 9.13. The van der Waals surface area contributed by atoms with Gasteiger partial charge < -0.3 is 10.8 Å². The van der Waals surface area contributed by atoms with E-state index in [1.165, 1.54) is 17.5 Å². The summed E-state index contributed by atoms with van der Waals surface area (Å²) in [6.45, 7) is 0.619. The van der Waals surface area contributed by atoms with Gasteiger partial charge in [-0.25, -0.2) is 0 Å². The van der Waals surface area contributed by atoms with Crippen LogP contribution in [0.5, 0.6) is 0 Å². The monoisotopic (exact) mass is 279 g/mol. The summed E-state index contributed by atoms with van der Waals surface area (Å²) >= 11 is 6.37. The lowest BCUT2D eigenvalue weighted by atomic mass is 9.53. The van der Waals surface area contributed by atoms with Gasteiger partial charge in [0.1, 0.15) is 0 Å². The fourth-order valence-corrected chi connectivity index (χ4v) is 4.67. The number of halogens is 1. The molecule has 1 aromatic carbocycles. The second-order valence-electron chi connectivity index (χ2n) is 6.13. The summed E-state index contributed by atoms with van der Waals surface area (Å²) in [5.74, 6) is 0. The molecule has 0 unspecified atom stereocenters. The number of aliphatic hydroxyl groups is 1. The van der Waals surface area contributed by atoms with Gasteiger partial charge >= 0.3 is 0 Å². The van der Waals surface area contributed by atoms with Crippen molar-refractivity contribution in [1.82, 2.24) is 0 Å². The fourth-order valence-electron chi connectivity index (χ4n) is 4.40. The highest BCUT2D eigenvalue weighted by atomic mass is 35.5. The summed E-state index contributed by atoms with van der Waals surface area (Å²) in [6.07, 6.45) is 6.80. The van der Waals surface area contributed by atoms with Gasteiger partial charge in [-0.15, -0.1) is 0 Å². The second-order valence-corrected chi connectivity index (χ2v) is 6.53. The predicted molar refractivity (Wildman–Crippen MR) is 78.5 cm³/mol. The maximum atomic E-state index is 11.2. The van der Waals surface area contributed by atoms with Gasteiger partial charge in [-0.05, 0) is 55.8 Å². The van der Waals surface area contributed by atoms with Crippen LogP contribution in [0.3, 0.4) is 0 Å². The predicted octanol–water partition coefficient (Wildman–Crippen LogP) is 3.18. The zero-order valence-electron chi connectivity index (χ0n) is 11.3. The first kappa shape index (κ1) is 13.4. The molecule has 0 aromatic heterocycles. The standard InChI is InChI=1S/C16H22ClNO/c17-14-5-3-4-13-12(14)6-9-16(19)8-2-1-7-15(13,16)10-11-18/h3-5,19H,1-2,6-11,18H2/t15-,16+/m0/s1. The minimum atomic E-state index is -0.581. The number of fused-ring (bicyclic) bond motifs is 3. The minimum absolute atomic E-state index is 0.168. The molecule has 0 aliphatic heterocycles. The molecule has 0 heterocycles. The van der Waals surface area contributed by atoms with E-state index in [2.05, 4.69) is 6.07 Å². The summed E-state index contributed by atoms with van der Waals surface area (Å²) in [6, 6.07) is 6.13. The Morgan fingerprint density at radius 3 is 2.79 bits per heavy atom. The Balaban J connectivity index is 2.18. The third-order valence-electron chi connectivity index (χ3n) is 5.33. The average Bonchev–Trinajstić information content (AvgIpc) is 2.40. The van der Waals surface area contributed by atoms with E-state index in [0.29, 0.717) is 6.54 Å². The third-order valence-corrected chi connectivity index (χ3v) is 5.68. The normalized spacial score (nSPS) is 33.6.